The second-order valence-corrected chi connectivity index (χ2v) is 5.96. The molecule has 0 spiro atoms. The number of carbonyl (C=O) groups is 2. The Morgan fingerprint density at radius 1 is 1.25 bits per heavy atom. The minimum atomic E-state index is -0.334. The van der Waals surface area contributed by atoms with E-state index in [4.69, 9.17) is 9.47 Å². The lowest BCUT2D eigenvalue weighted by molar-refractivity contribution is -0.146. The van der Waals surface area contributed by atoms with Gasteiger partial charge in [-0.3, -0.25) is 9.59 Å². The van der Waals surface area contributed by atoms with Gasteiger partial charge in [0.05, 0.1) is 19.6 Å². The third-order valence-corrected chi connectivity index (χ3v) is 3.81. The number of carbonyl (C=O) groups excluding carboxylic acids is 2. The van der Waals surface area contributed by atoms with Crippen LogP contribution in [0.5, 0.6) is 6.01 Å². The summed E-state index contributed by atoms with van der Waals surface area (Å²) in [5.74, 6) is -0.378. The van der Waals surface area contributed by atoms with Gasteiger partial charge in [-0.25, -0.2) is 9.97 Å². The number of aryl methyl sites for hydroxylation is 2. The highest BCUT2D eigenvalue weighted by atomic mass is 16.5. The summed E-state index contributed by atoms with van der Waals surface area (Å²) in [6, 6.07) is 2.25. The topological polar surface area (TPSA) is 81.6 Å². The van der Waals surface area contributed by atoms with Crippen molar-refractivity contribution in [1.82, 2.24) is 14.9 Å². The predicted molar refractivity (Wildman–Crippen MR) is 87.6 cm³/mol. The Kier molecular flexibility index (Phi) is 6.52. The summed E-state index contributed by atoms with van der Waals surface area (Å²) in [5, 5.41) is 0. The van der Waals surface area contributed by atoms with E-state index in [1.165, 1.54) is 0 Å². The fraction of sp³-hybridized carbons (Fsp3) is 0.647. The molecule has 1 aliphatic heterocycles. The molecular weight excluding hydrogens is 310 g/mol. The van der Waals surface area contributed by atoms with Gasteiger partial charge in [-0.1, -0.05) is 0 Å². The maximum absolute atomic E-state index is 12.2. The summed E-state index contributed by atoms with van der Waals surface area (Å²) in [4.78, 5) is 33.9. The van der Waals surface area contributed by atoms with Crippen LogP contribution in [-0.4, -0.2) is 52.5 Å². The number of ether oxygens (including phenoxy) is 2. The summed E-state index contributed by atoms with van der Waals surface area (Å²) in [6.07, 6.45) is 1.89. The fourth-order valence-electron chi connectivity index (χ4n) is 2.76. The van der Waals surface area contributed by atoms with Gasteiger partial charge in [-0.2, -0.15) is 0 Å². The zero-order chi connectivity index (χ0) is 17.5. The molecule has 1 saturated heterocycles. The lowest BCUT2D eigenvalue weighted by Crippen LogP contribution is -2.44. The van der Waals surface area contributed by atoms with Crippen molar-refractivity contribution >= 4 is 11.9 Å². The molecule has 0 N–H and O–H groups in total. The summed E-state index contributed by atoms with van der Waals surface area (Å²) < 4.78 is 10.7. The van der Waals surface area contributed by atoms with E-state index in [1.54, 1.807) is 11.8 Å². The number of amides is 1. The number of rotatable bonds is 6. The molecule has 1 aliphatic rings. The Hall–Kier alpha value is -2.18. The fourth-order valence-corrected chi connectivity index (χ4v) is 2.76. The van der Waals surface area contributed by atoms with E-state index >= 15 is 0 Å². The monoisotopic (exact) mass is 335 g/mol. The molecule has 1 unspecified atom stereocenters. The molecule has 1 aromatic rings. The molecule has 0 saturated carbocycles. The van der Waals surface area contributed by atoms with Crippen molar-refractivity contribution in [3.63, 3.8) is 0 Å². The number of esters is 1. The van der Waals surface area contributed by atoms with Crippen molar-refractivity contribution in [3.05, 3.63) is 17.5 Å². The Morgan fingerprint density at radius 2 is 1.96 bits per heavy atom. The van der Waals surface area contributed by atoms with Crippen LogP contribution in [0.4, 0.5) is 0 Å². The van der Waals surface area contributed by atoms with E-state index in [0.29, 0.717) is 25.7 Å². The highest BCUT2D eigenvalue weighted by molar-refractivity contribution is 5.81. The van der Waals surface area contributed by atoms with Gasteiger partial charge in [0, 0.05) is 24.4 Å². The molecule has 1 amide bonds. The molecule has 2 rings (SSSR count). The van der Waals surface area contributed by atoms with Gasteiger partial charge < -0.3 is 14.4 Å². The van der Waals surface area contributed by atoms with E-state index in [2.05, 4.69) is 9.97 Å². The second kappa shape index (κ2) is 8.61. The van der Waals surface area contributed by atoms with Gasteiger partial charge in [0.25, 0.3) is 0 Å². The Balaban J connectivity index is 1.86. The number of piperidine rings is 1. The molecule has 132 valence electrons. The lowest BCUT2D eigenvalue weighted by Gasteiger charge is -2.32. The molecule has 2 heterocycles. The highest BCUT2D eigenvalue weighted by Crippen LogP contribution is 2.17. The molecule has 1 aromatic heterocycles. The van der Waals surface area contributed by atoms with Crippen molar-refractivity contribution in [3.8, 4) is 6.01 Å². The molecule has 7 heteroatoms. The highest BCUT2D eigenvalue weighted by Gasteiger charge is 2.26. The first-order valence-electron chi connectivity index (χ1n) is 8.40. The number of aromatic nitrogens is 2. The first-order chi connectivity index (χ1) is 11.5. The van der Waals surface area contributed by atoms with Crippen LogP contribution < -0.4 is 4.74 Å². The maximum atomic E-state index is 12.2. The van der Waals surface area contributed by atoms with Crippen molar-refractivity contribution in [2.75, 3.05) is 19.7 Å². The summed E-state index contributed by atoms with van der Waals surface area (Å²) in [6.45, 7) is 7.07. The first kappa shape index (κ1) is 18.2. The molecule has 1 fully saturated rings. The van der Waals surface area contributed by atoms with Gasteiger partial charge in [0.2, 0.25) is 5.91 Å². The minimum absolute atomic E-state index is 0.0438. The van der Waals surface area contributed by atoms with E-state index in [-0.39, 0.29) is 30.8 Å². The SMILES string of the molecule is CCOC(=O)CCC(=O)N1CCCC(Oc2nc(C)cc(C)n2)C1. The average molecular weight is 335 g/mol. The van der Waals surface area contributed by atoms with Crippen LogP contribution in [0, 0.1) is 13.8 Å². The van der Waals surface area contributed by atoms with Gasteiger partial charge in [-0.05, 0) is 39.7 Å². The third kappa shape index (κ3) is 5.47. The molecule has 0 aliphatic carbocycles. The number of hydrogen-bond donors (Lipinski definition) is 0. The smallest absolute Gasteiger partial charge is 0.317 e. The predicted octanol–water partition coefficient (Wildman–Crippen LogP) is 1.81. The first-order valence-corrected chi connectivity index (χ1v) is 8.40. The van der Waals surface area contributed by atoms with E-state index in [1.807, 2.05) is 19.9 Å². The molecule has 0 aromatic carbocycles. The standard InChI is InChI=1S/C17H25N3O4/c1-4-23-16(22)8-7-15(21)20-9-5-6-14(11-20)24-17-18-12(2)10-13(3)19-17/h10,14H,4-9,11H2,1-3H3. The van der Waals surface area contributed by atoms with E-state index < -0.39 is 0 Å². The van der Waals surface area contributed by atoms with Crippen LogP contribution in [0.15, 0.2) is 6.07 Å². The van der Waals surface area contributed by atoms with Crippen LogP contribution in [0.3, 0.4) is 0 Å². The summed E-state index contributed by atoms with van der Waals surface area (Å²) >= 11 is 0. The van der Waals surface area contributed by atoms with Crippen LogP contribution in [0.2, 0.25) is 0 Å². The molecule has 7 nitrogen and oxygen atoms in total. The largest absolute Gasteiger partial charge is 0.466 e. The van der Waals surface area contributed by atoms with Crippen LogP contribution in [0.1, 0.15) is 44.0 Å². The van der Waals surface area contributed by atoms with Gasteiger partial charge in [0.15, 0.2) is 0 Å². The zero-order valence-electron chi connectivity index (χ0n) is 14.6. The second-order valence-electron chi connectivity index (χ2n) is 5.96. The normalized spacial score (nSPS) is 17.5. The van der Waals surface area contributed by atoms with Crippen LogP contribution in [-0.2, 0) is 14.3 Å². The van der Waals surface area contributed by atoms with Gasteiger partial charge >= 0.3 is 12.0 Å². The van der Waals surface area contributed by atoms with E-state index in [9.17, 15) is 9.59 Å². The number of likely N-dealkylation sites (tertiary alicyclic amines) is 1. The average Bonchev–Trinajstić information content (AvgIpc) is 2.52. The molecular formula is C17H25N3O4. The minimum Gasteiger partial charge on any atom is -0.466 e. The maximum Gasteiger partial charge on any atom is 0.317 e. The molecule has 1 atom stereocenters. The Morgan fingerprint density at radius 3 is 2.62 bits per heavy atom. The molecule has 0 bridgehead atoms. The van der Waals surface area contributed by atoms with Crippen molar-refractivity contribution in [1.29, 1.82) is 0 Å². The Bertz CT molecular complexity index is 571. The van der Waals surface area contributed by atoms with Gasteiger partial charge in [0.1, 0.15) is 6.10 Å². The zero-order valence-corrected chi connectivity index (χ0v) is 14.6. The molecule has 24 heavy (non-hydrogen) atoms. The van der Waals surface area contributed by atoms with E-state index in [0.717, 1.165) is 24.2 Å². The quantitative estimate of drug-likeness (QED) is 0.738. The van der Waals surface area contributed by atoms with Gasteiger partial charge in [-0.15, -0.1) is 0 Å². The third-order valence-electron chi connectivity index (χ3n) is 3.81. The van der Waals surface area contributed by atoms with Crippen LogP contribution in [0.25, 0.3) is 0 Å². The number of nitrogens with zero attached hydrogens (tertiary/aromatic N) is 3. The summed E-state index contributed by atoms with van der Waals surface area (Å²) in [7, 11) is 0. The van der Waals surface area contributed by atoms with Crippen LogP contribution >= 0.6 is 0 Å². The molecule has 0 radical (unpaired) electrons. The number of hydrogen-bond acceptors (Lipinski definition) is 6. The van der Waals surface area contributed by atoms with Crippen molar-refractivity contribution < 1.29 is 19.1 Å². The van der Waals surface area contributed by atoms with Crippen molar-refractivity contribution in [2.45, 2.75) is 52.6 Å². The lowest BCUT2D eigenvalue weighted by atomic mass is 10.1. The summed E-state index contributed by atoms with van der Waals surface area (Å²) in [5.41, 5.74) is 1.71. The van der Waals surface area contributed by atoms with Crippen molar-refractivity contribution in [2.24, 2.45) is 0 Å². The Labute approximate surface area is 142 Å².